The number of sulfonamides is 1. The maximum absolute atomic E-state index is 12.4. The molecule has 2 rings (SSSR count). The van der Waals surface area contributed by atoms with E-state index in [4.69, 9.17) is 5.73 Å². The fourth-order valence-corrected chi connectivity index (χ4v) is 4.85. The number of carbonyl (C=O) groups is 1. The van der Waals surface area contributed by atoms with Crippen LogP contribution in [0.25, 0.3) is 0 Å². The number of anilines is 1. The van der Waals surface area contributed by atoms with Crippen LogP contribution in [0.3, 0.4) is 0 Å². The van der Waals surface area contributed by atoms with Crippen molar-refractivity contribution in [1.29, 1.82) is 0 Å². The lowest BCUT2D eigenvalue weighted by atomic mass is 10.3. The molecule has 0 radical (unpaired) electrons. The first-order chi connectivity index (χ1) is 8.96. The van der Waals surface area contributed by atoms with Crippen LogP contribution in [0.4, 0.5) is 5.69 Å². The standard InChI is InChI=1S/C11H14N2O4S2/c1-17-11(14)10-13(6-7-18-10)19(15,16)9-4-2-8(12)3-5-9/h2-5,10H,6-7,12H2,1H3. The van der Waals surface area contributed by atoms with E-state index in [2.05, 4.69) is 4.74 Å². The second-order valence-corrected chi connectivity index (χ2v) is 7.01. The smallest absolute Gasteiger partial charge is 0.334 e. The minimum Gasteiger partial charge on any atom is -0.467 e. The van der Waals surface area contributed by atoms with Gasteiger partial charge in [0.05, 0.1) is 12.0 Å². The Morgan fingerprint density at radius 2 is 2.05 bits per heavy atom. The summed E-state index contributed by atoms with van der Waals surface area (Å²) >= 11 is 1.26. The van der Waals surface area contributed by atoms with E-state index in [1.165, 1.54) is 43.1 Å². The minimum absolute atomic E-state index is 0.123. The van der Waals surface area contributed by atoms with Crippen molar-refractivity contribution in [2.24, 2.45) is 0 Å². The highest BCUT2D eigenvalue weighted by atomic mass is 32.2. The quantitative estimate of drug-likeness (QED) is 0.646. The van der Waals surface area contributed by atoms with Gasteiger partial charge in [0.2, 0.25) is 10.0 Å². The molecule has 1 fully saturated rings. The van der Waals surface area contributed by atoms with Gasteiger partial charge in [-0.1, -0.05) is 0 Å². The van der Waals surface area contributed by atoms with E-state index in [9.17, 15) is 13.2 Å². The Morgan fingerprint density at radius 3 is 2.63 bits per heavy atom. The maximum Gasteiger partial charge on any atom is 0.334 e. The third-order valence-electron chi connectivity index (χ3n) is 2.74. The average molecular weight is 302 g/mol. The molecular formula is C11H14N2O4S2. The summed E-state index contributed by atoms with van der Waals surface area (Å²) in [5.41, 5.74) is 6.02. The predicted molar refractivity (Wildman–Crippen MR) is 73.0 cm³/mol. The molecule has 2 N–H and O–H groups in total. The fourth-order valence-electron chi connectivity index (χ4n) is 1.76. The Bertz CT molecular complexity index is 571. The van der Waals surface area contributed by atoms with Crippen LogP contribution in [-0.2, 0) is 19.6 Å². The van der Waals surface area contributed by atoms with Gasteiger partial charge in [0.15, 0.2) is 5.37 Å². The average Bonchev–Trinajstić information content (AvgIpc) is 2.88. The number of nitrogens with zero attached hydrogens (tertiary/aromatic N) is 1. The van der Waals surface area contributed by atoms with Crippen molar-refractivity contribution >= 4 is 33.4 Å². The molecule has 0 aliphatic carbocycles. The molecule has 1 aliphatic heterocycles. The van der Waals surface area contributed by atoms with Crippen molar-refractivity contribution < 1.29 is 17.9 Å². The van der Waals surface area contributed by atoms with Gasteiger partial charge in [-0.3, -0.25) is 0 Å². The molecule has 1 aliphatic rings. The zero-order valence-corrected chi connectivity index (χ0v) is 11.9. The van der Waals surface area contributed by atoms with Crippen LogP contribution >= 0.6 is 11.8 Å². The molecular weight excluding hydrogens is 288 g/mol. The topological polar surface area (TPSA) is 89.7 Å². The molecule has 1 aromatic carbocycles. The molecule has 19 heavy (non-hydrogen) atoms. The van der Waals surface area contributed by atoms with Gasteiger partial charge < -0.3 is 10.5 Å². The Hall–Kier alpha value is -1.25. The Kier molecular flexibility index (Phi) is 4.02. The van der Waals surface area contributed by atoms with Crippen molar-refractivity contribution in [3.8, 4) is 0 Å². The van der Waals surface area contributed by atoms with Crippen molar-refractivity contribution in [3.63, 3.8) is 0 Å². The summed E-state index contributed by atoms with van der Waals surface area (Å²) in [6.45, 7) is 0.289. The lowest BCUT2D eigenvalue weighted by Gasteiger charge is -2.21. The van der Waals surface area contributed by atoms with E-state index < -0.39 is 21.4 Å². The monoisotopic (exact) mass is 302 g/mol. The molecule has 8 heteroatoms. The predicted octanol–water partition coefficient (Wildman–Crippen LogP) is 0.505. The second kappa shape index (κ2) is 5.40. The Morgan fingerprint density at radius 1 is 1.42 bits per heavy atom. The van der Waals surface area contributed by atoms with Gasteiger partial charge in [-0.2, -0.15) is 4.31 Å². The minimum atomic E-state index is -3.70. The molecule has 1 atom stereocenters. The number of benzene rings is 1. The zero-order valence-electron chi connectivity index (χ0n) is 10.3. The molecule has 1 unspecified atom stereocenters. The van der Waals surface area contributed by atoms with E-state index in [1.807, 2.05) is 0 Å². The number of hydrogen-bond acceptors (Lipinski definition) is 6. The summed E-state index contributed by atoms with van der Waals surface area (Å²) in [6, 6.07) is 5.90. The third-order valence-corrected chi connectivity index (χ3v) is 5.93. The first-order valence-electron chi connectivity index (χ1n) is 5.53. The maximum atomic E-state index is 12.4. The molecule has 1 saturated heterocycles. The van der Waals surface area contributed by atoms with Crippen molar-refractivity contribution in [2.75, 3.05) is 25.1 Å². The van der Waals surface area contributed by atoms with E-state index in [0.717, 1.165) is 4.31 Å². The van der Waals surface area contributed by atoms with Crippen LogP contribution in [0.5, 0.6) is 0 Å². The van der Waals surface area contributed by atoms with Crippen LogP contribution in [-0.4, -0.2) is 43.5 Å². The summed E-state index contributed by atoms with van der Waals surface area (Å²) in [5, 5.41) is -0.812. The Labute approximate surface area is 116 Å². The zero-order chi connectivity index (χ0) is 14.0. The lowest BCUT2D eigenvalue weighted by Crippen LogP contribution is -2.39. The number of thioether (sulfide) groups is 1. The summed E-state index contributed by atoms with van der Waals surface area (Å²) in [4.78, 5) is 11.7. The molecule has 0 amide bonds. The van der Waals surface area contributed by atoms with Gasteiger partial charge in [-0.05, 0) is 24.3 Å². The first-order valence-corrected chi connectivity index (χ1v) is 8.02. The molecule has 0 aromatic heterocycles. The van der Waals surface area contributed by atoms with Gasteiger partial charge in [0, 0.05) is 18.0 Å². The molecule has 1 heterocycles. The van der Waals surface area contributed by atoms with E-state index in [1.54, 1.807) is 0 Å². The summed E-state index contributed by atoms with van der Waals surface area (Å²) in [7, 11) is -2.46. The number of esters is 1. The SMILES string of the molecule is COC(=O)C1SCCN1S(=O)(=O)c1ccc(N)cc1. The van der Waals surface area contributed by atoms with Gasteiger partial charge >= 0.3 is 5.97 Å². The van der Waals surface area contributed by atoms with Crippen LogP contribution in [0.1, 0.15) is 0 Å². The number of nitrogen functional groups attached to an aromatic ring is 1. The second-order valence-electron chi connectivity index (χ2n) is 3.93. The van der Waals surface area contributed by atoms with Crippen LogP contribution in [0, 0.1) is 0 Å². The van der Waals surface area contributed by atoms with Crippen molar-refractivity contribution in [1.82, 2.24) is 4.31 Å². The highest BCUT2D eigenvalue weighted by Gasteiger charge is 2.40. The van der Waals surface area contributed by atoms with Crippen LogP contribution in [0.15, 0.2) is 29.2 Å². The number of nitrogens with two attached hydrogens (primary N) is 1. The van der Waals surface area contributed by atoms with Gasteiger partial charge in [-0.15, -0.1) is 11.8 Å². The molecule has 104 valence electrons. The van der Waals surface area contributed by atoms with E-state index in [-0.39, 0.29) is 11.4 Å². The van der Waals surface area contributed by atoms with E-state index >= 15 is 0 Å². The molecule has 0 saturated carbocycles. The number of methoxy groups -OCH3 is 1. The van der Waals surface area contributed by atoms with Crippen LogP contribution in [0.2, 0.25) is 0 Å². The molecule has 6 nitrogen and oxygen atoms in total. The summed E-state index contributed by atoms with van der Waals surface area (Å²) < 4.78 is 30.7. The Balaban J connectivity index is 2.33. The molecule has 0 bridgehead atoms. The summed E-state index contributed by atoms with van der Waals surface area (Å²) in [5.74, 6) is 0.00931. The largest absolute Gasteiger partial charge is 0.467 e. The van der Waals surface area contributed by atoms with Crippen molar-refractivity contribution in [3.05, 3.63) is 24.3 Å². The summed E-state index contributed by atoms with van der Waals surface area (Å²) in [6.07, 6.45) is 0. The van der Waals surface area contributed by atoms with E-state index in [0.29, 0.717) is 11.4 Å². The normalized spacial score (nSPS) is 20.4. The fraction of sp³-hybridized carbons (Fsp3) is 0.364. The highest BCUT2D eigenvalue weighted by Crippen LogP contribution is 2.30. The number of ether oxygens (including phenoxy) is 1. The molecule has 1 aromatic rings. The first kappa shape index (κ1) is 14.2. The lowest BCUT2D eigenvalue weighted by molar-refractivity contribution is -0.141. The van der Waals surface area contributed by atoms with Gasteiger partial charge in [0.25, 0.3) is 0 Å². The third kappa shape index (κ3) is 2.70. The number of carbonyl (C=O) groups excluding carboxylic acids is 1. The van der Waals surface area contributed by atoms with Gasteiger partial charge in [0.1, 0.15) is 0 Å². The van der Waals surface area contributed by atoms with Gasteiger partial charge in [-0.25, -0.2) is 13.2 Å². The molecule has 0 spiro atoms. The number of hydrogen-bond donors (Lipinski definition) is 1. The highest BCUT2D eigenvalue weighted by molar-refractivity contribution is 8.02. The van der Waals surface area contributed by atoms with Crippen molar-refractivity contribution in [2.45, 2.75) is 10.3 Å². The number of rotatable bonds is 3. The van der Waals surface area contributed by atoms with Crippen LogP contribution < -0.4 is 5.73 Å².